The fraction of sp³-hybridized carbons (Fsp3) is 0.200. The summed E-state index contributed by atoms with van der Waals surface area (Å²) in [5.41, 5.74) is 5.09. The van der Waals surface area contributed by atoms with E-state index < -0.39 is 18.0 Å². The van der Waals surface area contributed by atoms with Gasteiger partial charge >= 0.3 is 12.1 Å². The Morgan fingerprint density at radius 3 is 2.23 bits per heavy atom. The molecule has 0 bridgehead atoms. The zero-order chi connectivity index (χ0) is 21.8. The van der Waals surface area contributed by atoms with Gasteiger partial charge in [0.1, 0.15) is 12.4 Å². The zero-order valence-corrected chi connectivity index (χ0v) is 17.1. The molecule has 31 heavy (non-hydrogen) atoms. The van der Waals surface area contributed by atoms with Gasteiger partial charge in [0.15, 0.2) is 0 Å². The van der Waals surface area contributed by atoms with Crippen LogP contribution in [0.2, 0.25) is 0 Å². The maximum atomic E-state index is 12.4. The molecule has 0 saturated heterocycles. The molecule has 1 amide bonds. The van der Waals surface area contributed by atoms with Crippen LogP contribution in [0.4, 0.5) is 4.79 Å². The van der Waals surface area contributed by atoms with Gasteiger partial charge in [-0.25, -0.2) is 4.79 Å². The molecule has 158 valence electrons. The molecule has 1 aliphatic rings. The number of fused-ring (bicyclic) bond motifs is 3. The van der Waals surface area contributed by atoms with Crippen molar-refractivity contribution in [1.82, 2.24) is 5.32 Å². The number of hydrogen-bond donors (Lipinski definition) is 2. The molecular weight excluding hydrogens is 394 g/mol. The Labute approximate surface area is 180 Å². The van der Waals surface area contributed by atoms with Crippen molar-refractivity contribution in [2.45, 2.75) is 11.8 Å². The topological polar surface area (TPSA) is 84.9 Å². The summed E-state index contributed by atoms with van der Waals surface area (Å²) in [6.07, 6.45) is -0.643. The highest BCUT2D eigenvalue weighted by molar-refractivity contribution is 5.79. The number of carboxylic acid groups (broad SMARTS) is 1. The molecule has 2 N–H and O–H groups in total. The van der Waals surface area contributed by atoms with Crippen molar-refractivity contribution in [2.75, 3.05) is 20.3 Å². The zero-order valence-electron chi connectivity index (χ0n) is 17.1. The van der Waals surface area contributed by atoms with Crippen LogP contribution in [0.1, 0.15) is 28.5 Å². The number of ether oxygens (including phenoxy) is 2. The highest BCUT2D eigenvalue weighted by Gasteiger charge is 2.29. The number of aliphatic carboxylic acids is 1. The van der Waals surface area contributed by atoms with Crippen LogP contribution >= 0.6 is 0 Å². The molecule has 0 aliphatic heterocycles. The fourth-order valence-electron chi connectivity index (χ4n) is 4.04. The molecule has 0 saturated carbocycles. The molecule has 6 nitrogen and oxygen atoms in total. The molecule has 1 atom stereocenters. The van der Waals surface area contributed by atoms with Crippen molar-refractivity contribution in [3.63, 3.8) is 0 Å². The molecule has 0 radical (unpaired) electrons. The van der Waals surface area contributed by atoms with E-state index in [9.17, 15) is 14.7 Å². The largest absolute Gasteiger partial charge is 0.497 e. The minimum Gasteiger partial charge on any atom is -0.497 e. The van der Waals surface area contributed by atoms with Crippen molar-refractivity contribution in [3.05, 3.63) is 89.5 Å². The first kappa shape index (κ1) is 20.5. The van der Waals surface area contributed by atoms with Crippen molar-refractivity contribution in [3.8, 4) is 16.9 Å². The number of nitrogens with one attached hydrogen (secondary N) is 1. The number of hydrogen-bond acceptors (Lipinski definition) is 4. The standard InChI is InChI=1S/C25H23NO5/c1-30-17-8-6-7-16(13-17)22(24(27)28)14-26-25(29)31-15-23-20-11-4-2-9-18(20)19-10-3-5-12-21(19)23/h2-13,22-23H,14-15H2,1H3,(H,26,29)(H,27,28). The van der Waals surface area contributed by atoms with Gasteiger partial charge in [0.05, 0.1) is 13.0 Å². The maximum Gasteiger partial charge on any atom is 0.407 e. The molecule has 0 spiro atoms. The number of methoxy groups -OCH3 is 1. The van der Waals surface area contributed by atoms with Gasteiger partial charge < -0.3 is 19.9 Å². The Kier molecular flexibility index (Phi) is 5.89. The molecule has 3 aromatic carbocycles. The lowest BCUT2D eigenvalue weighted by Crippen LogP contribution is -2.32. The molecule has 1 unspecified atom stereocenters. The first-order valence-corrected chi connectivity index (χ1v) is 10.0. The average Bonchev–Trinajstić information content (AvgIpc) is 3.11. The van der Waals surface area contributed by atoms with Crippen molar-refractivity contribution >= 4 is 12.1 Å². The van der Waals surface area contributed by atoms with Gasteiger partial charge in [0.25, 0.3) is 0 Å². The third-order valence-electron chi connectivity index (χ3n) is 5.59. The number of carbonyl (C=O) groups is 2. The number of carboxylic acids is 1. The lowest BCUT2D eigenvalue weighted by Gasteiger charge is -2.17. The highest BCUT2D eigenvalue weighted by atomic mass is 16.5. The second-order valence-electron chi connectivity index (χ2n) is 7.37. The Bertz CT molecular complexity index is 1060. The summed E-state index contributed by atoms with van der Waals surface area (Å²) >= 11 is 0. The van der Waals surface area contributed by atoms with Crippen LogP contribution in [0.15, 0.2) is 72.8 Å². The normalized spacial score (nSPS) is 13.1. The predicted molar refractivity (Wildman–Crippen MR) is 116 cm³/mol. The summed E-state index contributed by atoms with van der Waals surface area (Å²) in [5, 5.41) is 12.2. The number of alkyl carbamates (subject to hydrolysis) is 1. The first-order chi connectivity index (χ1) is 15.1. The summed E-state index contributed by atoms with van der Waals surface area (Å²) in [5.74, 6) is -1.43. The van der Waals surface area contributed by atoms with Gasteiger partial charge in [-0.05, 0) is 39.9 Å². The summed E-state index contributed by atoms with van der Waals surface area (Å²) in [4.78, 5) is 24.1. The summed E-state index contributed by atoms with van der Waals surface area (Å²) < 4.78 is 10.6. The molecule has 0 aromatic heterocycles. The van der Waals surface area contributed by atoms with Crippen LogP contribution in [0.25, 0.3) is 11.1 Å². The quantitative estimate of drug-likeness (QED) is 0.595. The summed E-state index contributed by atoms with van der Waals surface area (Å²) in [6, 6.07) is 23.0. The number of rotatable bonds is 7. The van der Waals surface area contributed by atoms with Crippen LogP contribution in [0.3, 0.4) is 0 Å². The van der Waals surface area contributed by atoms with Gasteiger partial charge in [-0.1, -0.05) is 60.7 Å². The summed E-state index contributed by atoms with van der Waals surface area (Å²) in [6.45, 7) is 0.0932. The molecule has 3 aromatic rings. The van der Waals surface area contributed by atoms with Crippen LogP contribution in [0.5, 0.6) is 5.75 Å². The van der Waals surface area contributed by atoms with Gasteiger partial charge in [0.2, 0.25) is 0 Å². The molecule has 4 rings (SSSR count). The van der Waals surface area contributed by atoms with Crippen LogP contribution in [-0.4, -0.2) is 37.4 Å². The van der Waals surface area contributed by atoms with Gasteiger partial charge in [-0.2, -0.15) is 0 Å². The van der Waals surface area contributed by atoms with Gasteiger partial charge in [0, 0.05) is 12.5 Å². The van der Waals surface area contributed by atoms with Gasteiger partial charge in [-0.3, -0.25) is 4.79 Å². The van der Waals surface area contributed by atoms with E-state index in [1.165, 1.54) is 7.11 Å². The minimum absolute atomic E-state index is 0.0493. The van der Waals surface area contributed by atoms with Crippen LogP contribution < -0.4 is 10.1 Å². The van der Waals surface area contributed by atoms with E-state index in [-0.39, 0.29) is 19.1 Å². The lowest BCUT2D eigenvalue weighted by atomic mass is 9.98. The molecular formula is C25H23NO5. The third-order valence-corrected chi connectivity index (χ3v) is 5.59. The van der Waals surface area contributed by atoms with E-state index in [0.717, 1.165) is 22.3 Å². The average molecular weight is 417 g/mol. The predicted octanol–water partition coefficient (Wildman–Crippen LogP) is 4.40. The Morgan fingerprint density at radius 1 is 0.968 bits per heavy atom. The molecule has 6 heteroatoms. The SMILES string of the molecule is COc1cccc(C(CNC(=O)OCC2c3ccccc3-c3ccccc32)C(=O)O)c1. The number of carbonyl (C=O) groups excluding carboxylic acids is 1. The van der Waals surface area contributed by atoms with Crippen molar-refractivity contribution in [2.24, 2.45) is 0 Å². The smallest absolute Gasteiger partial charge is 0.407 e. The second kappa shape index (κ2) is 8.92. The summed E-state index contributed by atoms with van der Waals surface area (Å²) in [7, 11) is 1.52. The first-order valence-electron chi connectivity index (χ1n) is 10.0. The Morgan fingerprint density at radius 2 is 1.61 bits per heavy atom. The lowest BCUT2D eigenvalue weighted by molar-refractivity contribution is -0.138. The van der Waals surface area contributed by atoms with E-state index in [1.54, 1.807) is 24.3 Å². The maximum absolute atomic E-state index is 12.4. The van der Waals surface area contributed by atoms with E-state index in [1.807, 2.05) is 36.4 Å². The highest BCUT2D eigenvalue weighted by Crippen LogP contribution is 2.44. The van der Waals surface area contributed by atoms with Crippen molar-refractivity contribution in [1.29, 1.82) is 0 Å². The Hall–Kier alpha value is -3.80. The van der Waals surface area contributed by atoms with E-state index in [4.69, 9.17) is 9.47 Å². The molecule has 0 fully saturated rings. The Balaban J connectivity index is 1.41. The van der Waals surface area contributed by atoms with Crippen LogP contribution in [-0.2, 0) is 9.53 Å². The van der Waals surface area contributed by atoms with Crippen LogP contribution in [0, 0.1) is 0 Å². The van der Waals surface area contributed by atoms with E-state index in [0.29, 0.717) is 11.3 Å². The number of benzene rings is 3. The van der Waals surface area contributed by atoms with E-state index >= 15 is 0 Å². The molecule has 1 aliphatic carbocycles. The number of amides is 1. The third kappa shape index (κ3) is 4.23. The monoisotopic (exact) mass is 417 g/mol. The minimum atomic E-state index is -1.03. The molecule has 0 heterocycles. The fourth-order valence-corrected chi connectivity index (χ4v) is 4.04. The second-order valence-corrected chi connectivity index (χ2v) is 7.37. The van der Waals surface area contributed by atoms with E-state index in [2.05, 4.69) is 17.4 Å². The van der Waals surface area contributed by atoms with Gasteiger partial charge in [-0.15, -0.1) is 0 Å². The van der Waals surface area contributed by atoms with Crippen molar-refractivity contribution < 1.29 is 24.2 Å².